The molecule has 0 aromatic rings. The van der Waals surface area contributed by atoms with Gasteiger partial charge in [-0.15, -0.1) is 0 Å². The van der Waals surface area contributed by atoms with Crippen LogP contribution in [-0.4, -0.2) is 37.2 Å². The zero-order valence-electron chi connectivity index (χ0n) is 24.2. The highest BCUT2D eigenvalue weighted by Gasteiger charge is 2.68. The average Bonchev–Trinajstić information content (AvgIpc) is 3.30. The molecule has 2 saturated heterocycles. The van der Waals surface area contributed by atoms with Crippen molar-refractivity contribution in [2.45, 2.75) is 117 Å². The Kier molecular flexibility index (Phi) is 6.54. The Morgan fingerprint density at radius 2 is 1.95 bits per heavy atom. The number of alkyl carbamates (subject to hydrolysis) is 1. The molecule has 2 heterocycles. The molecule has 0 bridgehead atoms. The van der Waals surface area contributed by atoms with Gasteiger partial charge in [-0.1, -0.05) is 53.2 Å². The van der Waals surface area contributed by atoms with Gasteiger partial charge < -0.3 is 19.5 Å². The SMILES string of the molecule is CC(C)CNC(=O)O[C@H]1CC[C@@]2(C)C(=CC[C@H]3[C@@H]4C[C@@H]5O[C@]6(CC[C@@H](C)CO6)[C@@H](C)[C@@H]5[C@@]4(C)CC[C@@H]32)C1. The first kappa shape index (κ1) is 26.2. The highest BCUT2D eigenvalue weighted by Crippen LogP contribution is 2.70. The maximum atomic E-state index is 12.3. The van der Waals surface area contributed by atoms with Crippen molar-refractivity contribution >= 4 is 6.09 Å². The molecule has 4 aliphatic carbocycles. The number of allylic oxidation sites excluding steroid dienone is 1. The van der Waals surface area contributed by atoms with Crippen LogP contribution >= 0.6 is 0 Å². The smallest absolute Gasteiger partial charge is 0.407 e. The molecule has 0 radical (unpaired) electrons. The topological polar surface area (TPSA) is 56.8 Å². The van der Waals surface area contributed by atoms with Gasteiger partial charge in [0.2, 0.25) is 0 Å². The zero-order valence-corrected chi connectivity index (χ0v) is 24.2. The van der Waals surface area contributed by atoms with E-state index in [1.807, 2.05) is 0 Å². The molecule has 1 N–H and O–H groups in total. The normalized spacial score (nSPS) is 50.6. The molecule has 6 rings (SSSR count). The van der Waals surface area contributed by atoms with Crippen LogP contribution < -0.4 is 5.32 Å². The van der Waals surface area contributed by atoms with Crippen molar-refractivity contribution < 1.29 is 19.0 Å². The van der Waals surface area contributed by atoms with Crippen LogP contribution in [0.1, 0.15) is 99.3 Å². The summed E-state index contributed by atoms with van der Waals surface area (Å²) in [5.41, 5.74) is 2.18. The van der Waals surface area contributed by atoms with E-state index in [0.717, 1.165) is 50.0 Å². The largest absolute Gasteiger partial charge is 0.446 e. The van der Waals surface area contributed by atoms with Crippen molar-refractivity contribution in [1.29, 1.82) is 0 Å². The Bertz CT molecular complexity index is 922. The maximum Gasteiger partial charge on any atom is 0.407 e. The fourth-order valence-corrected chi connectivity index (χ4v) is 10.2. The minimum absolute atomic E-state index is 0.0198. The molecular weight excluding hydrogens is 462 g/mol. The van der Waals surface area contributed by atoms with Crippen molar-refractivity contribution in [2.75, 3.05) is 13.2 Å². The Balaban J connectivity index is 1.16. The van der Waals surface area contributed by atoms with Crippen LogP contribution in [0, 0.1) is 52.3 Å². The third-order valence-electron chi connectivity index (χ3n) is 12.3. The number of hydrogen-bond acceptors (Lipinski definition) is 4. The Morgan fingerprint density at radius 1 is 1.14 bits per heavy atom. The number of carbonyl (C=O) groups is 1. The molecule has 37 heavy (non-hydrogen) atoms. The molecule has 0 aromatic carbocycles. The summed E-state index contributed by atoms with van der Waals surface area (Å²) in [5.74, 6) is 4.12. The molecule has 11 atom stereocenters. The second kappa shape index (κ2) is 9.25. The van der Waals surface area contributed by atoms with Crippen molar-refractivity contribution in [3.05, 3.63) is 11.6 Å². The van der Waals surface area contributed by atoms with E-state index in [2.05, 4.69) is 52.9 Å². The van der Waals surface area contributed by atoms with Gasteiger partial charge in [0.25, 0.3) is 0 Å². The Labute approximate surface area is 224 Å². The monoisotopic (exact) mass is 513 g/mol. The average molecular weight is 514 g/mol. The van der Waals surface area contributed by atoms with Crippen molar-refractivity contribution in [2.24, 2.45) is 52.3 Å². The maximum absolute atomic E-state index is 12.3. The predicted molar refractivity (Wildman–Crippen MR) is 145 cm³/mol. The number of ether oxygens (including phenoxy) is 3. The summed E-state index contributed by atoms with van der Waals surface area (Å²) in [5, 5.41) is 2.93. The van der Waals surface area contributed by atoms with Gasteiger partial charge in [0.15, 0.2) is 5.79 Å². The van der Waals surface area contributed by atoms with Crippen LogP contribution in [0.4, 0.5) is 4.79 Å². The molecule has 6 aliphatic rings. The minimum Gasteiger partial charge on any atom is -0.446 e. The van der Waals surface area contributed by atoms with Crippen LogP contribution in [0.3, 0.4) is 0 Å². The van der Waals surface area contributed by atoms with Crippen LogP contribution in [0.5, 0.6) is 0 Å². The highest BCUT2D eigenvalue weighted by molar-refractivity contribution is 5.67. The van der Waals surface area contributed by atoms with Gasteiger partial charge in [-0.25, -0.2) is 4.79 Å². The van der Waals surface area contributed by atoms with Gasteiger partial charge in [0.1, 0.15) is 6.10 Å². The van der Waals surface area contributed by atoms with Crippen LogP contribution in [0.2, 0.25) is 0 Å². The van der Waals surface area contributed by atoms with Crippen LogP contribution in [-0.2, 0) is 14.2 Å². The van der Waals surface area contributed by atoms with E-state index in [4.69, 9.17) is 14.2 Å². The van der Waals surface area contributed by atoms with Crippen molar-refractivity contribution in [3.8, 4) is 0 Å². The molecule has 208 valence electrons. The molecule has 2 aliphatic heterocycles. The van der Waals surface area contributed by atoms with Crippen LogP contribution in [0.25, 0.3) is 0 Å². The lowest BCUT2D eigenvalue weighted by molar-refractivity contribution is -0.272. The van der Waals surface area contributed by atoms with E-state index >= 15 is 0 Å². The van der Waals surface area contributed by atoms with Gasteiger partial charge in [0, 0.05) is 25.3 Å². The van der Waals surface area contributed by atoms with Gasteiger partial charge in [-0.05, 0) is 91.3 Å². The van der Waals surface area contributed by atoms with Crippen molar-refractivity contribution in [3.63, 3.8) is 0 Å². The first-order valence-electron chi connectivity index (χ1n) is 15.5. The molecule has 1 spiro atoms. The summed E-state index contributed by atoms with van der Waals surface area (Å²) in [4.78, 5) is 12.3. The summed E-state index contributed by atoms with van der Waals surface area (Å²) in [6.07, 6.45) is 13.1. The van der Waals surface area contributed by atoms with Crippen LogP contribution in [0.15, 0.2) is 11.6 Å². The quantitative estimate of drug-likeness (QED) is 0.409. The molecule has 5 fully saturated rings. The first-order chi connectivity index (χ1) is 17.6. The molecule has 5 heteroatoms. The number of hydrogen-bond donors (Lipinski definition) is 1. The van der Waals surface area contributed by atoms with E-state index in [1.165, 1.54) is 32.1 Å². The molecule has 5 nitrogen and oxygen atoms in total. The van der Waals surface area contributed by atoms with Crippen molar-refractivity contribution in [1.82, 2.24) is 5.32 Å². The van der Waals surface area contributed by atoms with E-state index in [1.54, 1.807) is 5.57 Å². The lowest BCUT2D eigenvalue weighted by Crippen LogP contribution is -2.52. The fourth-order valence-electron chi connectivity index (χ4n) is 10.2. The second-order valence-electron chi connectivity index (χ2n) is 14.8. The van der Waals surface area contributed by atoms with Gasteiger partial charge in [-0.3, -0.25) is 0 Å². The van der Waals surface area contributed by atoms with Gasteiger partial charge >= 0.3 is 6.09 Å². The standard InChI is InChI=1S/C32H51NO4/c1-19(2)17-33-29(34)36-23-10-12-30(5)22(15-23)7-8-24-25(30)11-13-31(6)26(24)16-27-28(31)21(4)32(37-27)14-9-20(3)18-35-32/h7,19-21,23-28H,8-18H2,1-6H3,(H,33,34)/t20-,21+,23+,24-,25+,26+,27+,28+,30+,31+,32-/m1/s1. The number of amides is 1. The summed E-state index contributed by atoms with van der Waals surface area (Å²) in [6, 6.07) is 0. The summed E-state index contributed by atoms with van der Waals surface area (Å²) in [7, 11) is 0. The third-order valence-corrected chi connectivity index (χ3v) is 12.3. The molecule has 1 amide bonds. The van der Waals surface area contributed by atoms with Gasteiger partial charge in [0.05, 0.1) is 12.7 Å². The third kappa shape index (κ3) is 4.12. The number of fused-ring (bicyclic) bond motifs is 7. The second-order valence-corrected chi connectivity index (χ2v) is 14.8. The van der Waals surface area contributed by atoms with E-state index in [0.29, 0.717) is 41.7 Å². The minimum atomic E-state index is -0.321. The predicted octanol–water partition coefficient (Wildman–Crippen LogP) is 7.10. The fraction of sp³-hybridized carbons (Fsp3) is 0.906. The van der Waals surface area contributed by atoms with E-state index in [-0.39, 0.29) is 23.4 Å². The van der Waals surface area contributed by atoms with E-state index in [9.17, 15) is 4.79 Å². The molecular formula is C32H51NO4. The number of carbonyl (C=O) groups excluding carboxylic acids is 1. The summed E-state index contributed by atoms with van der Waals surface area (Å²) in [6.45, 7) is 15.6. The lowest BCUT2D eigenvalue weighted by Gasteiger charge is -2.58. The van der Waals surface area contributed by atoms with E-state index < -0.39 is 0 Å². The molecule has 0 unspecified atom stereocenters. The lowest BCUT2D eigenvalue weighted by atomic mass is 9.47. The first-order valence-corrected chi connectivity index (χ1v) is 15.5. The number of rotatable bonds is 3. The highest BCUT2D eigenvalue weighted by atomic mass is 16.7. The Hall–Kier alpha value is -1.07. The summed E-state index contributed by atoms with van der Waals surface area (Å²) < 4.78 is 19.3. The summed E-state index contributed by atoms with van der Waals surface area (Å²) >= 11 is 0. The molecule has 0 aromatic heterocycles. The Morgan fingerprint density at radius 3 is 2.68 bits per heavy atom. The molecule has 3 saturated carbocycles. The zero-order chi connectivity index (χ0) is 26.2. The number of nitrogens with one attached hydrogen (secondary N) is 1. The van der Waals surface area contributed by atoms with Gasteiger partial charge in [-0.2, -0.15) is 0 Å².